The monoisotopic (exact) mass is 413 g/mol. The number of carbonyl (C=O) groups is 2. The number of nitrogens with zero attached hydrogens (tertiary/aromatic N) is 2. The quantitative estimate of drug-likeness (QED) is 0.582. The maximum Gasteiger partial charge on any atom is 0.286 e. The molecule has 0 aliphatic rings. The summed E-state index contributed by atoms with van der Waals surface area (Å²) in [6, 6.07) is 13.4. The van der Waals surface area contributed by atoms with Crippen molar-refractivity contribution in [3.63, 3.8) is 0 Å². The number of aryl methyl sites for hydroxylation is 1. The number of amides is 2. The van der Waals surface area contributed by atoms with Crippen LogP contribution in [0.25, 0.3) is 0 Å². The number of nitrogens with one attached hydrogen (secondary N) is 1. The molecule has 0 atom stereocenters. The number of hydrogen-bond acceptors (Lipinski definition) is 4. The van der Waals surface area contributed by atoms with Gasteiger partial charge in [0.2, 0.25) is 0 Å². The third kappa shape index (κ3) is 4.48. The van der Waals surface area contributed by atoms with Gasteiger partial charge in [-0.2, -0.15) is 0 Å². The smallest absolute Gasteiger partial charge is 0.286 e. The Morgan fingerprint density at radius 1 is 1.14 bits per heavy atom. The van der Waals surface area contributed by atoms with Crippen LogP contribution in [0.15, 0.2) is 52.7 Å². The Labute approximate surface area is 173 Å². The van der Waals surface area contributed by atoms with Gasteiger partial charge in [0.05, 0.1) is 17.8 Å². The molecule has 0 bridgehead atoms. The SMILES string of the molecule is Cc1cc(C(=O)Nc2ccccc2SC(=O)N(C)C)c(C)n1Cc1cccs1. The second-order valence-corrected chi connectivity index (χ2v) is 8.69. The van der Waals surface area contributed by atoms with E-state index in [9.17, 15) is 9.59 Å². The summed E-state index contributed by atoms with van der Waals surface area (Å²) in [5.74, 6) is -0.170. The second kappa shape index (κ2) is 8.67. The van der Waals surface area contributed by atoms with Gasteiger partial charge in [-0.1, -0.05) is 18.2 Å². The third-order valence-corrected chi connectivity index (χ3v) is 6.39. The predicted molar refractivity (Wildman–Crippen MR) is 117 cm³/mol. The van der Waals surface area contributed by atoms with E-state index in [-0.39, 0.29) is 11.1 Å². The van der Waals surface area contributed by atoms with E-state index in [0.717, 1.165) is 34.6 Å². The molecule has 1 aromatic carbocycles. The van der Waals surface area contributed by atoms with E-state index in [1.165, 1.54) is 9.78 Å². The highest BCUT2D eigenvalue weighted by molar-refractivity contribution is 8.13. The van der Waals surface area contributed by atoms with E-state index in [0.29, 0.717) is 11.3 Å². The molecule has 0 unspecified atom stereocenters. The summed E-state index contributed by atoms with van der Waals surface area (Å²) in [5, 5.41) is 4.94. The normalized spacial score (nSPS) is 10.7. The Balaban J connectivity index is 1.82. The van der Waals surface area contributed by atoms with Crippen LogP contribution in [0.1, 0.15) is 26.6 Å². The number of thiophene rings is 1. The molecule has 0 saturated carbocycles. The van der Waals surface area contributed by atoms with E-state index in [4.69, 9.17) is 0 Å². The molecule has 7 heteroatoms. The van der Waals surface area contributed by atoms with Crippen molar-refractivity contribution in [2.24, 2.45) is 0 Å². The first-order chi connectivity index (χ1) is 13.4. The first-order valence-electron chi connectivity index (χ1n) is 8.85. The van der Waals surface area contributed by atoms with Gasteiger partial charge >= 0.3 is 0 Å². The number of thioether (sulfide) groups is 1. The second-order valence-electron chi connectivity index (χ2n) is 6.66. The molecule has 0 aliphatic heterocycles. The van der Waals surface area contributed by atoms with Gasteiger partial charge in [-0.05, 0) is 55.3 Å². The van der Waals surface area contributed by atoms with Crippen LogP contribution in [-0.4, -0.2) is 34.7 Å². The van der Waals surface area contributed by atoms with E-state index in [1.54, 1.807) is 25.4 Å². The Morgan fingerprint density at radius 3 is 2.57 bits per heavy atom. The standard InChI is InChI=1S/C21H23N3O2S2/c1-14-12-17(15(2)24(14)13-16-8-7-11-27-16)20(25)22-18-9-5-6-10-19(18)28-21(26)23(3)4/h5-12H,13H2,1-4H3,(H,22,25). The predicted octanol–water partition coefficient (Wildman–Crippen LogP) is 5.24. The van der Waals surface area contributed by atoms with Gasteiger partial charge in [0.15, 0.2) is 0 Å². The average molecular weight is 414 g/mol. The van der Waals surface area contributed by atoms with Gasteiger partial charge in [-0.3, -0.25) is 9.59 Å². The number of rotatable bonds is 5. The highest BCUT2D eigenvalue weighted by Gasteiger charge is 2.18. The van der Waals surface area contributed by atoms with Crippen LogP contribution < -0.4 is 5.32 Å². The van der Waals surface area contributed by atoms with Crippen LogP contribution in [0.4, 0.5) is 10.5 Å². The van der Waals surface area contributed by atoms with Crippen molar-refractivity contribution < 1.29 is 9.59 Å². The number of carbonyl (C=O) groups excluding carboxylic acids is 2. The van der Waals surface area contributed by atoms with Crippen molar-refractivity contribution in [1.29, 1.82) is 0 Å². The van der Waals surface area contributed by atoms with Crippen LogP contribution in [0, 0.1) is 13.8 Å². The molecule has 0 fully saturated rings. The van der Waals surface area contributed by atoms with Crippen molar-refractivity contribution in [1.82, 2.24) is 9.47 Å². The number of para-hydroxylation sites is 1. The summed E-state index contributed by atoms with van der Waals surface area (Å²) >= 11 is 2.80. The van der Waals surface area contributed by atoms with Gasteiger partial charge in [-0.15, -0.1) is 11.3 Å². The Kier molecular flexibility index (Phi) is 6.26. The molecule has 2 amide bonds. The average Bonchev–Trinajstić information content (AvgIpc) is 3.27. The zero-order valence-electron chi connectivity index (χ0n) is 16.4. The number of hydrogen-bond donors (Lipinski definition) is 1. The molecule has 3 aromatic rings. The third-order valence-electron chi connectivity index (χ3n) is 4.41. The lowest BCUT2D eigenvalue weighted by molar-refractivity contribution is 0.102. The number of benzene rings is 1. The molecule has 2 heterocycles. The van der Waals surface area contributed by atoms with Gasteiger partial charge in [0.25, 0.3) is 11.1 Å². The molecule has 0 aliphatic carbocycles. The molecule has 3 rings (SSSR count). The summed E-state index contributed by atoms with van der Waals surface area (Å²) in [6.45, 7) is 4.73. The lowest BCUT2D eigenvalue weighted by Crippen LogP contribution is -2.17. The van der Waals surface area contributed by atoms with Crippen LogP contribution >= 0.6 is 23.1 Å². The highest BCUT2D eigenvalue weighted by atomic mass is 32.2. The lowest BCUT2D eigenvalue weighted by atomic mass is 10.2. The minimum atomic E-state index is -0.170. The van der Waals surface area contributed by atoms with Gasteiger partial charge < -0.3 is 14.8 Å². The number of aromatic nitrogens is 1. The molecular formula is C21H23N3O2S2. The summed E-state index contributed by atoms with van der Waals surface area (Å²) < 4.78 is 2.15. The van der Waals surface area contributed by atoms with Crippen molar-refractivity contribution >= 4 is 39.9 Å². The fraction of sp³-hybridized carbons (Fsp3) is 0.238. The van der Waals surface area contributed by atoms with E-state index in [2.05, 4.69) is 21.3 Å². The van der Waals surface area contributed by atoms with Crippen molar-refractivity contribution in [2.45, 2.75) is 25.3 Å². The molecule has 1 N–H and O–H groups in total. The minimum Gasteiger partial charge on any atom is -0.343 e. The fourth-order valence-corrected chi connectivity index (χ4v) is 4.31. The topological polar surface area (TPSA) is 54.3 Å². The van der Waals surface area contributed by atoms with Crippen LogP contribution in [0.3, 0.4) is 0 Å². The maximum atomic E-state index is 12.9. The van der Waals surface area contributed by atoms with Crippen LogP contribution in [-0.2, 0) is 6.54 Å². The molecule has 2 aromatic heterocycles. The molecule has 0 saturated heterocycles. The van der Waals surface area contributed by atoms with E-state index >= 15 is 0 Å². The fourth-order valence-electron chi connectivity index (χ4n) is 2.87. The lowest BCUT2D eigenvalue weighted by Gasteiger charge is -2.13. The summed E-state index contributed by atoms with van der Waals surface area (Å²) in [6.07, 6.45) is 0. The zero-order valence-corrected chi connectivity index (χ0v) is 18.0. The van der Waals surface area contributed by atoms with Crippen LogP contribution in [0.5, 0.6) is 0 Å². The van der Waals surface area contributed by atoms with Crippen molar-refractivity contribution in [3.05, 3.63) is 69.7 Å². The summed E-state index contributed by atoms with van der Waals surface area (Å²) in [5.41, 5.74) is 3.25. The molecule has 0 radical (unpaired) electrons. The highest BCUT2D eigenvalue weighted by Crippen LogP contribution is 2.29. The van der Waals surface area contributed by atoms with E-state index in [1.807, 2.05) is 50.2 Å². The molecular weight excluding hydrogens is 390 g/mol. The molecule has 5 nitrogen and oxygen atoms in total. The Bertz CT molecular complexity index is 991. The van der Waals surface area contributed by atoms with Crippen molar-refractivity contribution in [3.8, 4) is 0 Å². The maximum absolute atomic E-state index is 12.9. The van der Waals surface area contributed by atoms with Crippen molar-refractivity contribution in [2.75, 3.05) is 19.4 Å². The molecule has 28 heavy (non-hydrogen) atoms. The number of anilines is 1. The summed E-state index contributed by atoms with van der Waals surface area (Å²) in [4.78, 5) is 28.5. The van der Waals surface area contributed by atoms with E-state index < -0.39 is 0 Å². The first kappa shape index (κ1) is 20.2. The summed E-state index contributed by atoms with van der Waals surface area (Å²) in [7, 11) is 3.41. The largest absolute Gasteiger partial charge is 0.343 e. The zero-order chi connectivity index (χ0) is 20.3. The van der Waals surface area contributed by atoms with Gasteiger partial charge in [-0.25, -0.2) is 0 Å². The first-order valence-corrected chi connectivity index (χ1v) is 10.5. The molecule has 0 spiro atoms. The van der Waals surface area contributed by atoms with Gasteiger partial charge in [0, 0.05) is 35.3 Å². The Morgan fingerprint density at radius 2 is 1.89 bits per heavy atom. The minimum absolute atomic E-state index is 0.0872. The van der Waals surface area contributed by atoms with Crippen LogP contribution in [0.2, 0.25) is 0 Å². The Hall–Kier alpha value is -2.51. The molecule has 146 valence electrons. The van der Waals surface area contributed by atoms with Gasteiger partial charge in [0.1, 0.15) is 0 Å².